The molecule has 0 fully saturated rings. The number of rotatable bonds is 6. The fourth-order valence-electron chi connectivity index (χ4n) is 1.36. The van der Waals surface area contributed by atoms with Gasteiger partial charge in [-0.2, -0.15) is 0 Å². The van der Waals surface area contributed by atoms with Gasteiger partial charge in [-0.05, 0) is 47.0 Å². The molecule has 0 saturated heterocycles. The predicted molar refractivity (Wildman–Crippen MR) is 71.6 cm³/mol. The van der Waals surface area contributed by atoms with Crippen molar-refractivity contribution in [3.63, 3.8) is 0 Å². The van der Waals surface area contributed by atoms with Gasteiger partial charge in [0.25, 0.3) is 0 Å². The summed E-state index contributed by atoms with van der Waals surface area (Å²) < 4.78 is 6.57. The summed E-state index contributed by atoms with van der Waals surface area (Å²) in [6.07, 6.45) is 2.27. The van der Waals surface area contributed by atoms with Gasteiger partial charge in [0.2, 0.25) is 0 Å². The lowest BCUT2D eigenvalue weighted by molar-refractivity contribution is -0.858. The fourth-order valence-corrected chi connectivity index (χ4v) is 2.15. The molecule has 0 atom stereocenters. The first-order valence-electron chi connectivity index (χ1n) is 5.46. The monoisotopic (exact) mass is 306 g/mol. The van der Waals surface area contributed by atoms with Crippen LogP contribution in [0, 0.1) is 0 Å². The lowest BCUT2D eigenvalue weighted by Crippen LogP contribution is -3.05. The van der Waals surface area contributed by atoms with Gasteiger partial charge in [0.1, 0.15) is 5.75 Å². The van der Waals surface area contributed by atoms with Crippen molar-refractivity contribution >= 4 is 27.5 Å². The van der Waals surface area contributed by atoms with Crippen LogP contribution < -0.4 is 9.64 Å². The maximum absolute atomic E-state index is 5.85. The second-order valence-corrected chi connectivity index (χ2v) is 5.38. The van der Waals surface area contributed by atoms with Gasteiger partial charge in [-0.1, -0.05) is 11.6 Å². The van der Waals surface area contributed by atoms with Gasteiger partial charge in [0.15, 0.2) is 0 Å². The number of ether oxygens (including phenoxy) is 1. The van der Waals surface area contributed by atoms with Gasteiger partial charge in [-0.3, -0.25) is 0 Å². The van der Waals surface area contributed by atoms with Crippen LogP contribution in [0.5, 0.6) is 5.75 Å². The van der Waals surface area contributed by atoms with Crippen molar-refractivity contribution in [1.82, 2.24) is 0 Å². The summed E-state index contributed by atoms with van der Waals surface area (Å²) in [7, 11) is 4.33. The van der Waals surface area contributed by atoms with E-state index >= 15 is 0 Å². The summed E-state index contributed by atoms with van der Waals surface area (Å²) in [6, 6.07) is 5.58. The first-order valence-corrected chi connectivity index (χ1v) is 6.63. The highest BCUT2D eigenvalue weighted by molar-refractivity contribution is 9.10. The highest BCUT2D eigenvalue weighted by atomic mass is 79.9. The van der Waals surface area contributed by atoms with E-state index in [1.54, 1.807) is 0 Å². The van der Waals surface area contributed by atoms with Crippen LogP contribution in [0.4, 0.5) is 0 Å². The average molecular weight is 308 g/mol. The van der Waals surface area contributed by atoms with Crippen molar-refractivity contribution in [3.05, 3.63) is 27.7 Å². The molecule has 1 aromatic rings. The summed E-state index contributed by atoms with van der Waals surface area (Å²) in [5.41, 5.74) is 0. The highest BCUT2D eigenvalue weighted by Crippen LogP contribution is 2.27. The lowest BCUT2D eigenvalue weighted by Gasteiger charge is -2.09. The zero-order chi connectivity index (χ0) is 12.0. The zero-order valence-electron chi connectivity index (χ0n) is 9.72. The maximum atomic E-state index is 5.85. The second-order valence-electron chi connectivity index (χ2n) is 4.09. The standard InChI is InChI=1S/C12H17BrClNO/c1-15(2)7-3-4-8-16-12-6-5-10(14)9-11(12)13/h5-6,9H,3-4,7-8H2,1-2H3/p+1. The first-order chi connectivity index (χ1) is 7.59. The van der Waals surface area contributed by atoms with Gasteiger partial charge >= 0.3 is 0 Å². The summed E-state index contributed by atoms with van der Waals surface area (Å²) >= 11 is 9.27. The smallest absolute Gasteiger partial charge is 0.133 e. The van der Waals surface area contributed by atoms with E-state index in [1.807, 2.05) is 18.2 Å². The molecule has 90 valence electrons. The molecule has 1 N–H and O–H groups in total. The summed E-state index contributed by atoms with van der Waals surface area (Å²) in [6.45, 7) is 1.94. The molecule has 0 aliphatic heterocycles. The summed E-state index contributed by atoms with van der Waals surface area (Å²) in [4.78, 5) is 1.48. The minimum atomic E-state index is 0.718. The van der Waals surface area contributed by atoms with Gasteiger partial charge in [0.05, 0.1) is 31.7 Å². The minimum Gasteiger partial charge on any atom is -0.492 e. The number of halogens is 2. The number of unbranched alkanes of at least 4 members (excludes halogenated alkanes) is 1. The van der Waals surface area contributed by atoms with Crippen LogP contribution in [0.15, 0.2) is 22.7 Å². The Kier molecular flexibility index (Phi) is 6.17. The molecule has 0 saturated carbocycles. The van der Waals surface area contributed by atoms with E-state index in [1.165, 1.54) is 17.9 Å². The van der Waals surface area contributed by atoms with Crippen LogP contribution in [0.25, 0.3) is 0 Å². The molecule has 0 radical (unpaired) electrons. The Morgan fingerprint density at radius 2 is 2.06 bits per heavy atom. The Bertz CT molecular complexity index is 331. The molecule has 16 heavy (non-hydrogen) atoms. The molecular weight excluding hydrogens is 289 g/mol. The van der Waals surface area contributed by atoms with Crippen LogP contribution in [0.3, 0.4) is 0 Å². The number of hydrogen-bond acceptors (Lipinski definition) is 1. The van der Waals surface area contributed by atoms with E-state index in [4.69, 9.17) is 16.3 Å². The molecule has 0 amide bonds. The molecule has 0 heterocycles. The fraction of sp³-hybridized carbons (Fsp3) is 0.500. The van der Waals surface area contributed by atoms with Crippen molar-refractivity contribution in [2.24, 2.45) is 0 Å². The van der Waals surface area contributed by atoms with Crippen molar-refractivity contribution < 1.29 is 9.64 Å². The molecule has 0 aromatic heterocycles. The van der Waals surface area contributed by atoms with Gasteiger partial charge in [-0.25, -0.2) is 0 Å². The number of quaternary nitrogens is 1. The third-order valence-corrected chi connectivity index (χ3v) is 3.08. The first kappa shape index (κ1) is 13.8. The molecular formula is C12H18BrClNO+. The van der Waals surface area contributed by atoms with Gasteiger partial charge < -0.3 is 9.64 Å². The number of hydrogen-bond donors (Lipinski definition) is 1. The Hall–Kier alpha value is -0.250. The Morgan fingerprint density at radius 1 is 1.31 bits per heavy atom. The van der Waals surface area contributed by atoms with Crippen molar-refractivity contribution in [3.8, 4) is 5.75 Å². The van der Waals surface area contributed by atoms with Crippen molar-refractivity contribution in [2.45, 2.75) is 12.8 Å². The molecule has 0 unspecified atom stereocenters. The van der Waals surface area contributed by atoms with Gasteiger partial charge in [0, 0.05) is 5.02 Å². The molecule has 4 heteroatoms. The molecule has 2 nitrogen and oxygen atoms in total. The van der Waals surface area contributed by atoms with Crippen LogP contribution in [0.2, 0.25) is 5.02 Å². The van der Waals surface area contributed by atoms with E-state index in [0.29, 0.717) is 0 Å². The average Bonchev–Trinajstić information content (AvgIpc) is 2.20. The normalized spacial score (nSPS) is 10.8. The third kappa shape index (κ3) is 5.19. The van der Waals surface area contributed by atoms with Gasteiger partial charge in [-0.15, -0.1) is 0 Å². The molecule has 0 aliphatic carbocycles. The van der Waals surface area contributed by atoms with Crippen LogP contribution in [0.1, 0.15) is 12.8 Å². The highest BCUT2D eigenvalue weighted by Gasteiger charge is 2.01. The molecule has 1 aromatic carbocycles. The minimum absolute atomic E-state index is 0.718. The maximum Gasteiger partial charge on any atom is 0.133 e. The van der Waals surface area contributed by atoms with E-state index in [0.717, 1.165) is 28.3 Å². The Balaban J connectivity index is 2.27. The zero-order valence-corrected chi connectivity index (χ0v) is 12.1. The van der Waals surface area contributed by atoms with Crippen molar-refractivity contribution in [1.29, 1.82) is 0 Å². The SMILES string of the molecule is C[NH+](C)CCCCOc1ccc(Cl)cc1Br. The van der Waals surface area contributed by atoms with E-state index in [2.05, 4.69) is 30.0 Å². The van der Waals surface area contributed by atoms with Crippen LogP contribution in [-0.2, 0) is 0 Å². The van der Waals surface area contributed by atoms with E-state index < -0.39 is 0 Å². The van der Waals surface area contributed by atoms with E-state index in [9.17, 15) is 0 Å². The number of benzene rings is 1. The van der Waals surface area contributed by atoms with Crippen LogP contribution in [-0.4, -0.2) is 27.2 Å². The molecule has 1 rings (SSSR count). The third-order valence-electron chi connectivity index (χ3n) is 2.22. The second kappa shape index (κ2) is 7.15. The molecule has 0 bridgehead atoms. The Morgan fingerprint density at radius 3 is 2.69 bits per heavy atom. The van der Waals surface area contributed by atoms with Crippen molar-refractivity contribution in [2.75, 3.05) is 27.2 Å². The Labute approximate surface area is 111 Å². The number of nitrogens with one attached hydrogen (secondary N) is 1. The molecule has 0 spiro atoms. The summed E-state index contributed by atoms with van der Waals surface area (Å²) in [5, 5.41) is 0.718. The summed E-state index contributed by atoms with van der Waals surface area (Å²) in [5.74, 6) is 0.863. The molecule has 0 aliphatic rings. The topological polar surface area (TPSA) is 13.7 Å². The largest absolute Gasteiger partial charge is 0.492 e. The van der Waals surface area contributed by atoms with E-state index in [-0.39, 0.29) is 0 Å². The predicted octanol–water partition coefficient (Wildman–Crippen LogP) is 2.41. The quantitative estimate of drug-likeness (QED) is 0.797. The lowest BCUT2D eigenvalue weighted by atomic mass is 10.3. The van der Waals surface area contributed by atoms with Crippen LogP contribution >= 0.6 is 27.5 Å².